The Hall–Kier alpha value is -0.680. The first-order valence-electron chi connectivity index (χ1n) is 4.23. The van der Waals surface area contributed by atoms with E-state index in [1.807, 2.05) is 5.38 Å². The van der Waals surface area contributed by atoms with E-state index in [-0.39, 0.29) is 5.11 Å². The third kappa shape index (κ3) is 3.69. The van der Waals surface area contributed by atoms with E-state index in [0.29, 0.717) is 0 Å². The average Bonchev–Trinajstić information content (AvgIpc) is 2.48. The lowest BCUT2D eigenvalue weighted by atomic mass is 10.2. The second kappa shape index (κ2) is 5.14. The molecule has 3 N–H and O–H groups in total. The maximum Gasteiger partial charge on any atom is 0.189 e. The molecule has 13 heavy (non-hydrogen) atoms. The van der Waals surface area contributed by atoms with Crippen molar-refractivity contribution in [2.75, 3.05) is 5.32 Å². The minimum Gasteiger partial charge on any atom is -0.376 e. The van der Waals surface area contributed by atoms with Gasteiger partial charge in [-0.3, -0.25) is 0 Å². The Balaban J connectivity index is 2.48. The Bertz CT molecular complexity index is 283. The van der Waals surface area contributed by atoms with Crippen molar-refractivity contribution in [3.8, 4) is 0 Å². The van der Waals surface area contributed by atoms with Crippen LogP contribution in [0.4, 0.5) is 5.13 Å². The lowest BCUT2D eigenvalue weighted by Gasteiger charge is -1.96. The number of nitrogens with two attached hydrogens (primary N) is 1. The van der Waals surface area contributed by atoms with E-state index in [1.165, 1.54) is 24.2 Å². The summed E-state index contributed by atoms with van der Waals surface area (Å²) < 4.78 is 0. The van der Waals surface area contributed by atoms with Crippen molar-refractivity contribution in [3.63, 3.8) is 0 Å². The van der Waals surface area contributed by atoms with Crippen LogP contribution in [0, 0.1) is 0 Å². The van der Waals surface area contributed by atoms with Crippen LogP contribution >= 0.6 is 23.6 Å². The molecule has 1 aromatic rings. The molecule has 1 heterocycles. The highest BCUT2D eigenvalue weighted by Gasteiger charge is 2.01. The van der Waals surface area contributed by atoms with Crippen LogP contribution in [-0.2, 0) is 6.42 Å². The van der Waals surface area contributed by atoms with Gasteiger partial charge in [0.2, 0.25) is 0 Å². The van der Waals surface area contributed by atoms with E-state index in [1.54, 1.807) is 0 Å². The monoisotopic (exact) mass is 215 g/mol. The largest absolute Gasteiger partial charge is 0.376 e. The zero-order chi connectivity index (χ0) is 9.68. The molecule has 0 atom stereocenters. The van der Waals surface area contributed by atoms with Crippen molar-refractivity contribution in [1.82, 2.24) is 4.98 Å². The van der Waals surface area contributed by atoms with E-state index in [2.05, 4.69) is 17.2 Å². The molecule has 0 radical (unpaired) electrons. The molecular weight excluding hydrogens is 202 g/mol. The zero-order valence-corrected chi connectivity index (χ0v) is 9.17. The van der Waals surface area contributed by atoms with Crippen LogP contribution in [0.3, 0.4) is 0 Å². The standard InChI is InChI=1S/C8H13N3S2/c1-2-3-4-6-5-13-8(10-6)11-7(9)12/h5H,2-4H2,1H3,(H3,9,10,11,12). The molecule has 0 amide bonds. The molecule has 0 saturated carbocycles. The number of rotatable bonds is 4. The van der Waals surface area contributed by atoms with Crippen molar-refractivity contribution >= 4 is 33.8 Å². The second-order valence-electron chi connectivity index (χ2n) is 2.74. The quantitative estimate of drug-likeness (QED) is 0.756. The van der Waals surface area contributed by atoms with Gasteiger partial charge in [0.15, 0.2) is 10.2 Å². The Labute approximate surface area is 87.4 Å². The molecule has 0 unspecified atom stereocenters. The molecule has 5 heteroatoms. The summed E-state index contributed by atoms with van der Waals surface area (Å²) in [5.74, 6) is 0. The Morgan fingerprint density at radius 3 is 3.15 bits per heavy atom. The van der Waals surface area contributed by atoms with Crippen LogP contribution in [0.25, 0.3) is 0 Å². The number of nitrogens with one attached hydrogen (secondary N) is 1. The normalized spacial score (nSPS) is 9.92. The van der Waals surface area contributed by atoms with Gasteiger partial charge >= 0.3 is 0 Å². The van der Waals surface area contributed by atoms with Gasteiger partial charge in [-0.05, 0) is 25.1 Å². The van der Waals surface area contributed by atoms with Gasteiger partial charge in [-0.2, -0.15) is 0 Å². The van der Waals surface area contributed by atoms with Crippen molar-refractivity contribution in [1.29, 1.82) is 0 Å². The summed E-state index contributed by atoms with van der Waals surface area (Å²) in [4.78, 5) is 4.33. The highest BCUT2D eigenvalue weighted by atomic mass is 32.1. The molecule has 72 valence electrons. The predicted molar refractivity (Wildman–Crippen MR) is 61.1 cm³/mol. The van der Waals surface area contributed by atoms with Gasteiger partial charge < -0.3 is 11.1 Å². The number of thiocarbonyl (C=S) groups is 1. The molecule has 0 aromatic carbocycles. The number of unbranched alkanes of at least 4 members (excludes halogenated alkanes) is 1. The Morgan fingerprint density at radius 2 is 2.54 bits per heavy atom. The number of nitrogens with zero attached hydrogens (tertiary/aromatic N) is 1. The van der Waals surface area contributed by atoms with Crippen molar-refractivity contribution in [2.45, 2.75) is 26.2 Å². The summed E-state index contributed by atoms with van der Waals surface area (Å²) in [5, 5.41) is 5.92. The van der Waals surface area contributed by atoms with Crippen LogP contribution in [0.2, 0.25) is 0 Å². The van der Waals surface area contributed by atoms with E-state index in [0.717, 1.165) is 17.2 Å². The molecule has 0 aliphatic carbocycles. The van der Waals surface area contributed by atoms with Gasteiger partial charge in [0, 0.05) is 5.38 Å². The minimum atomic E-state index is 0.274. The number of aromatic nitrogens is 1. The molecule has 0 spiro atoms. The Morgan fingerprint density at radius 1 is 1.77 bits per heavy atom. The van der Waals surface area contributed by atoms with E-state index in [4.69, 9.17) is 18.0 Å². The number of aryl methyl sites for hydroxylation is 1. The summed E-state index contributed by atoms with van der Waals surface area (Å²) >= 11 is 6.25. The van der Waals surface area contributed by atoms with Gasteiger partial charge in [0.05, 0.1) is 5.69 Å². The number of hydrogen-bond acceptors (Lipinski definition) is 3. The summed E-state index contributed by atoms with van der Waals surface area (Å²) in [6.07, 6.45) is 3.40. The first-order chi connectivity index (χ1) is 6.22. The third-order valence-electron chi connectivity index (χ3n) is 1.57. The van der Waals surface area contributed by atoms with Crippen LogP contribution in [-0.4, -0.2) is 10.1 Å². The highest BCUT2D eigenvalue weighted by Crippen LogP contribution is 2.16. The maximum absolute atomic E-state index is 5.32. The van der Waals surface area contributed by atoms with Crippen molar-refractivity contribution in [3.05, 3.63) is 11.1 Å². The first kappa shape index (κ1) is 10.4. The van der Waals surface area contributed by atoms with E-state index < -0.39 is 0 Å². The summed E-state index contributed by atoms with van der Waals surface area (Å²) in [7, 11) is 0. The molecule has 3 nitrogen and oxygen atoms in total. The molecule has 0 saturated heterocycles. The smallest absolute Gasteiger partial charge is 0.189 e. The fourth-order valence-corrected chi connectivity index (χ4v) is 1.86. The lowest BCUT2D eigenvalue weighted by Crippen LogP contribution is -2.18. The number of thiazole rings is 1. The van der Waals surface area contributed by atoms with Crippen LogP contribution in [0.1, 0.15) is 25.5 Å². The second-order valence-corrected chi connectivity index (χ2v) is 4.03. The van der Waals surface area contributed by atoms with E-state index in [9.17, 15) is 0 Å². The van der Waals surface area contributed by atoms with Gasteiger partial charge in [-0.25, -0.2) is 4.98 Å². The van der Waals surface area contributed by atoms with Crippen LogP contribution < -0.4 is 11.1 Å². The zero-order valence-electron chi connectivity index (χ0n) is 7.54. The Kier molecular flexibility index (Phi) is 4.11. The molecular formula is C8H13N3S2. The summed E-state index contributed by atoms with van der Waals surface area (Å²) in [6.45, 7) is 2.17. The van der Waals surface area contributed by atoms with Crippen LogP contribution in [0.15, 0.2) is 5.38 Å². The molecule has 0 aliphatic rings. The maximum atomic E-state index is 5.32. The van der Waals surface area contributed by atoms with Crippen LogP contribution in [0.5, 0.6) is 0 Å². The van der Waals surface area contributed by atoms with Gasteiger partial charge in [-0.1, -0.05) is 13.3 Å². The fourth-order valence-electron chi connectivity index (χ4n) is 0.942. The van der Waals surface area contributed by atoms with Gasteiger partial charge in [-0.15, -0.1) is 11.3 Å². The van der Waals surface area contributed by atoms with Crippen molar-refractivity contribution in [2.24, 2.45) is 5.73 Å². The average molecular weight is 215 g/mol. The summed E-state index contributed by atoms with van der Waals surface area (Å²) in [6, 6.07) is 0. The highest BCUT2D eigenvalue weighted by molar-refractivity contribution is 7.80. The molecule has 0 aliphatic heterocycles. The molecule has 0 bridgehead atoms. The van der Waals surface area contributed by atoms with Gasteiger partial charge in [0.1, 0.15) is 0 Å². The molecule has 1 rings (SSSR count). The number of hydrogen-bond donors (Lipinski definition) is 2. The molecule has 0 fully saturated rings. The minimum absolute atomic E-state index is 0.274. The lowest BCUT2D eigenvalue weighted by molar-refractivity contribution is 0.782. The number of anilines is 1. The van der Waals surface area contributed by atoms with Gasteiger partial charge in [0.25, 0.3) is 0 Å². The molecule has 1 aromatic heterocycles. The van der Waals surface area contributed by atoms with Crippen molar-refractivity contribution < 1.29 is 0 Å². The van der Waals surface area contributed by atoms with E-state index >= 15 is 0 Å². The summed E-state index contributed by atoms with van der Waals surface area (Å²) in [5.41, 5.74) is 6.44. The SMILES string of the molecule is CCCCc1csc(NC(N)=S)n1. The predicted octanol–water partition coefficient (Wildman–Crippen LogP) is 2.14. The third-order valence-corrected chi connectivity index (χ3v) is 2.48. The topological polar surface area (TPSA) is 50.9 Å². The fraction of sp³-hybridized carbons (Fsp3) is 0.500. The first-order valence-corrected chi connectivity index (χ1v) is 5.52.